The highest BCUT2D eigenvalue weighted by atomic mass is 13.9. The highest BCUT2D eigenvalue weighted by Crippen LogP contribution is 1.99. The molecular weight excluding hydrogens is 108 g/mol. The van der Waals surface area contributed by atoms with Crippen molar-refractivity contribution < 1.29 is 0 Å². The van der Waals surface area contributed by atoms with Crippen molar-refractivity contribution in [2.45, 2.75) is 6.92 Å². The predicted octanol–water partition coefficient (Wildman–Crippen LogP) is 1.78. The zero-order valence-corrected chi connectivity index (χ0v) is 5.31. The van der Waals surface area contributed by atoms with Crippen LogP contribution in [-0.2, 0) is 0 Å². The monoisotopic (exact) mass is 115 g/mol. The van der Waals surface area contributed by atoms with Crippen molar-refractivity contribution in [2.75, 3.05) is 0 Å². The molecule has 0 aliphatic carbocycles. The molecule has 0 aliphatic rings. The first kappa shape index (κ1) is 5.91. The minimum Gasteiger partial charge on any atom is -0.115 e. The molecule has 1 radical (unpaired) electrons. The number of rotatable bonds is 0. The first-order valence-electron chi connectivity index (χ1n) is 2.78. The van der Waals surface area contributed by atoms with Crippen LogP contribution in [0.5, 0.6) is 0 Å². The van der Waals surface area contributed by atoms with Gasteiger partial charge in [0.05, 0.1) is 0 Å². The van der Waals surface area contributed by atoms with Gasteiger partial charge in [-0.05, 0) is 30.7 Å². The molecule has 0 nitrogen and oxygen atoms in total. The Morgan fingerprint density at radius 3 is 2.89 bits per heavy atom. The maximum atomic E-state index is 5.15. The summed E-state index contributed by atoms with van der Waals surface area (Å²) in [6.45, 7) is 1.97. The van der Waals surface area contributed by atoms with Crippen molar-refractivity contribution >= 4 is 0 Å². The summed E-state index contributed by atoms with van der Waals surface area (Å²) in [4.78, 5) is 0. The van der Waals surface area contributed by atoms with Crippen molar-refractivity contribution in [1.82, 2.24) is 0 Å². The molecule has 0 aromatic heterocycles. The summed E-state index contributed by atoms with van der Waals surface area (Å²) in [5.74, 6) is 2.55. The second-order valence-corrected chi connectivity index (χ2v) is 1.90. The van der Waals surface area contributed by atoms with Crippen molar-refractivity contribution in [3.8, 4) is 12.3 Å². The summed E-state index contributed by atoms with van der Waals surface area (Å²) >= 11 is 0. The van der Waals surface area contributed by atoms with E-state index in [1.807, 2.05) is 25.1 Å². The van der Waals surface area contributed by atoms with Gasteiger partial charge >= 0.3 is 0 Å². The Kier molecular flexibility index (Phi) is 1.55. The van der Waals surface area contributed by atoms with Gasteiger partial charge in [0.15, 0.2) is 0 Å². The van der Waals surface area contributed by atoms with Gasteiger partial charge in [-0.15, -0.1) is 6.42 Å². The molecule has 0 unspecified atom stereocenters. The van der Waals surface area contributed by atoms with Crippen LogP contribution in [-0.4, -0.2) is 0 Å². The lowest BCUT2D eigenvalue weighted by Crippen LogP contribution is -1.74. The fourth-order valence-electron chi connectivity index (χ4n) is 0.676. The van der Waals surface area contributed by atoms with E-state index in [1.165, 1.54) is 0 Å². The predicted molar refractivity (Wildman–Crippen MR) is 38.0 cm³/mol. The maximum absolute atomic E-state index is 5.15. The van der Waals surface area contributed by atoms with Gasteiger partial charge in [-0.25, -0.2) is 0 Å². The van der Waals surface area contributed by atoms with Crippen LogP contribution in [0.1, 0.15) is 11.1 Å². The third kappa shape index (κ3) is 1.33. The molecular formula is C9H7. The van der Waals surface area contributed by atoms with Crippen molar-refractivity contribution in [3.63, 3.8) is 0 Å². The van der Waals surface area contributed by atoms with Crippen LogP contribution in [0.15, 0.2) is 18.2 Å². The number of hydrogen-bond donors (Lipinski definition) is 0. The number of hydrogen-bond acceptors (Lipinski definition) is 0. The smallest absolute Gasteiger partial charge is 0.0245 e. The topological polar surface area (TPSA) is 0 Å². The van der Waals surface area contributed by atoms with Crippen molar-refractivity contribution in [3.05, 3.63) is 35.4 Å². The van der Waals surface area contributed by atoms with E-state index in [2.05, 4.69) is 12.0 Å². The molecule has 1 aromatic rings. The Bertz CT molecular complexity index is 240. The Hall–Kier alpha value is -1.22. The summed E-state index contributed by atoms with van der Waals surface area (Å²) in [5, 5.41) is 0. The summed E-state index contributed by atoms with van der Waals surface area (Å²) in [7, 11) is 0. The van der Waals surface area contributed by atoms with E-state index < -0.39 is 0 Å². The normalized spacial score (nSPS) is 8.44. The Morgan fingerprint density at radius 1 is 1.67 bits per heavy atom. The minimum absolute atomic E-state index is 0.922. The molecule has 0 saturated carbocycles. The van der Waals surface area contributed by atoms with E-state index >= 15 is 0 Å². The fraction of sp³-hybridized carbons (Fsp3) is 0.111. The molecule has 0 bridgehead atoms. The standard InChI is InChI=1S/C9H7/c1-3-9-6-4-5-8(2)7-9/h1,4,6-7H,2H3. The molecule has 0 saturated heterocycles. The second kappa shape index (κ2) is 2.37. The zero-order valence-electron chi connectivity index (χ0n) is 5.31. The molecule has 0 N–H and O–H groups in total. The van der Waals surface area contributed by atoms with E-state index in [1.54, 1.807) is 0 Å². The Balaban J connectivity index is 3.12. The molecule has 0 fully saturated rings. The summed E-state index contributed by atoms with van der Waals surface area (Å²) in [6, 6.07) is 8.65. The number of benzene rings is 1. The Morgan fingerprint density at radius 2 is 2.44 bits per heavy atom. The first-order chi connectivity index (χ1) is 4.33. The van der Waals surface area contributed by atoms with Gasteiger partial charge in [0.1, 0.15) is 0 Å². The van der Waals surface area contributed by atoms with Crippen LogP contribution in [0.25, 0.3) is 0 Å². The van der Waals surface area contributed by atoms with Crippen LogP contribution in [0.4, 0.5) is 0 Å². The SMILES string of the molecule is C#Cc1cc[c]c(C)c1. The average molecular weight is 115 g/mol. The zero-order chi connectivity index (χ0) is 6.69. The van der Waals surface area contributed by atoms with Crippen LogP contribution in [0, 0.1) is 25.3 Å². The van der Waals surface area contributed by atoms with Gasteiger partial charge in [-0.3, -0.25) is 0 Å². The van der Waals surface area contributed by atoms with Crippen LogP contribution >= 0.6 is 0 Å². The molecule has 1 aromatic carbocycles. The van der Waals surface area contributed by atoms with E-state index in [-0.39, 0.29) is 0 Å². The second-order valence-electron chi connectivity index (χ2n) is 1.90. The molecule has 9 heavy (non-hydrogen) atoms. The molecule has 0 aliphatic heterocycles. The Labute approximate surface area is 55.5 Å². The largest absolute Gasteiger partial charge is 0.115 e. The third-order valence-electron chi connectivity index (χ3n) is 1.11. The van der Waals surface area contributed by atoms with Gasteiger partial charge in [-0.1, -0.05) is 12.0 Å². The van der Waals surface area contributed by atoms with Crippen LogP contribution < -0.4 is 0 Å². The highest BCUT2D eigenvalue weighted by Gasteiger charge is 1.84. The van der Waals surface area contributed by atoms with Gasteiger partial charge in [0, 0.05) is 5.56 Å². The fourth-order valence-corrected chi connectivity index (χ4v) is 0.676. The van der Waals surface area contributed by atoms with Crippen LogP contribution in [0.2, 0.25) is 0 Å². The maximum Gasteiger partial charge on any atom is 0.0245 e. The van der Waals surface area contributed by atoms with E-state index in [9.17, 15) is 0 Å². The lowest BCUT2D eigenvalue weighted by molar-refractivity contribution is 1.44. The molecule has 0 atom stereocenters. The van der Waals surface area contributed by atoms with Crippen LogP contribution in [0.3, 0.4) is 0 Å². The van der Waals surface area contributed by atoms with Gasteiger partial charge < -0.3 is 0 Å². The van der Waals surface area contributed by atoms with Gasteiger partial charge in [0.2, 0.25) is 0 Å². The quantitative estimate of drug-likeness (QED) is 0.452. The van der Waals surface area contributed by atoms with Gasteiger partial charge in [-0.2, -0.15) is 0 Å². The molecule has 0 heterocycles. The minimum atomic E-state index is 0.922. The van der Waals surface area contributed by atoms with Crippen molar-refractivity contribution in [2.24, 2.45) is 0 Å². The first-order valence-corrected chi connectivity index (χ1v) is 2.78. The summed E-state index contributed by atoms with van der Waals surface area (Å²) in [6.07, 6.45) is 5.15. The molecule has 1 rings (SSSR count). The van der Waals surface area contributed by atoms with E-state index in [0.717, 1.165) is 11.1 Å². The lowest BCUT2D eigenvalue weighted by atomic mass is 10.1. The average Bonchev–Trinajstić information content (AvgIpc) is 1.88. The molecule has 0 spiro atoms. The van der Waals surface area contributed by atoms with E-state index in [4.69, 9.17) is 6.42 Å². The molecule has 0 heteroatoms. The van der Waals surface area contributed by atoms with Gasteiger partial charge in [0.25, 0.3) is 0 Å². The van der Waals surface area contributed by atoms with E-state index in [0.29, 0.717) is 0 Å². The number of terminal acetylenes is 1. The summed E-state index contributed by atoms with van der Waals surface area (Å²) < 4.78 is 0. The third-order valence-corrected chi connectivity index (χ3v) is 1.11. The molecule has 0 amide bonds. The lowest BCUT2D eigenvalue weighted by Gasteiger charge is -1.89. The summed E-state index contributed by atoms with van der Waals surface area (Å²) in [5.41, 5.74) is 2.01. The van der Waals surface area contributed by atoms with Crippen molar-refractivity contribution in [1.29, 1.82) is 0 Å². The molecule has 43 valence electrons. The highest BCUT2D eigenvalue weighted by molar-refractivity contribution is 5.33. The number of aryl methyl sites for hydroxylation is 1.